The monoisotopic (exact) mass is 213 g/mol. The molecule has 0 N–H and O–H groups in total. The highest BCUT2D eigenvalue weighted by atomic mass is 16.1. The molecule has 3 nitrogen and oxygen atoms in total. The Morgan fingerprint density at radius 3 is 2.12 bits per heavy atom. The number of carbonyl (C=O) groups is 2. The summed E-state index contributed by atoms with van der Waals surface area (Å²) in [7, 11) is 1.84. The second-order valence-corrected chi connectivity index (χ2v) is 3.56. The first-order chi connectivity index (χ1) is 7.76. The second kappa shape index (κ2) is 4.14. The Labute approximate surface area is 93.3 Å². The van der Waals surface area contributed by atoms with Crippen molar-refractivity contribution in [2.75, 3.05) is 0 Å². The molecule has 0 fully saturated rings. The van der Waals surface area contributed by atoms with E-state index >= 15 is 0 Å². The summed E-state index contributed by atoms with van der Waals surface area (Å²) in [4.78, 5) is 21.2. The number of aromatic nitrogens is 1. The largest absolute Gasteiger partial charge is 0.341 e. The van der Waals surface area contributed by atoms with Crippen LogP contribution >= 0.6 is 0 Å². The number of carbonyl (C=O) groups excluding carboxylic acids is 2. The van der Waals surface area contributed by atoms with Gasteiger partial charge in [0, 0.05) is 18.3 Å². The zero-order valence-corrected chi connectivity index (χ0v) is 8.88. The average molecular weight is 213 g/mol. The van der Waals surface area contributed by atoms with Crippen molar-refractivity contribution in [1.29, 1.82) is 0 Å². The number of hydrogen-bond donors (Lipinski definition) is 0. The molecule has 2 aromatic rings. The van der Waals surface area contributed by atoms with Crippen molar-refractivity contribution in [2.24, 2.45) is 7.05 Å². The highest BCUT2D eigenvalue weighted by molar-refractivity contribution is 5.78. The van der Waals surface area contributed by atoms with Crippen molar-refractivity contribution < 1.29 is 9.59 Å². The number of rotatable bonds is 3. The minimum Gasteiger partial charge on any atom is -0.341 e. The van der Waals surface area contributed by atoms with Gasteiger partial charge in [-0.05, 0) is 17.7 Å². The number of nitrogens with zero attached hydrogens (tertiary/aromatic N) is 1. The van der Waals surface area contributed by atoms with Gasteiger partial charge in [0.2, 0.25) is 0 Å². The summed E-state index contributed by atoms with van der Waals surface area (Å²) in [6, 6.07) is 10.9. The first kappa shape index (κ1) is 10.4. The molecule has 16 heavy (non-hydrogen) atoms. The highest BCUT2D eigenvalue weighted by Crippen LogP contribution is 2.21. The molecule has 2 rings (SSSR count). The summed E-state index contributed by atoms with van der Waals surface area (Å²) >= 11 is 0. The van der Waals surface area contributed by atoms with Gasteiger partial charge in [0.05, 0.1) is 5.69 Å². The Bertz CT molecular complexity index is 523. The predicted molar refractivity (Wildman–Crippen MR) is 61.6 cm³/mol. The number of aldehydes is 2. The SMILES string of the molecule is Cn1c(C=O)ccc1-c1ccc(C=O)cc1. The molecular weight excluding hydrogens is 202 g/mol. The quantitative estimate of drug-likeness (QED) is 0.734. The third-order valence-electron chi connectivity index (χ3n) is 2.62. The van der Waals surface area contributed by atoms with E-state index in [1.807, 2.05) is 29.8 Å². The highest BCUT2D eigenvalue weighted by Gasteiger charge is 2.05. The topological polar surface area (TPSA) is 39.1 Å². The maximum absolute atomic E-state index is 10.7. The smallest absolute Gasteiger partial charge is 0.166 e. The number of hydrogen-bond acceptors (Lipinski definition) is 2. The molecule has 80 valence electrons. The van der Waals surface area contributed by atoms with Crippen LogP contribution in [0, 0.1) is 0 Å². The summed E-state index contributed by atoms with van der Waals surface area (Å²) in [6.07, 6.45) is 1.63. The van der Waals surface area contributed by atoms with E-state index in [-0.39, 0.29) is 0 Å². The Morgan fingerprint density at radius 1 is 0.938 bits per heavy atom. The Balaban J connectivity index is 2.46. The van der Waals surface area contributed by atoms with Gasteiger partial charge in [0.25, 0.3) is 0 Å². The Kier molecular flexibility index (Phi) is 2.68. The molecule has 0 saturated heterocycles. The van der Waals surface area contributed by atoms with E-state index in [2.05, 4.69) is 0 Å². The summed E-state index contributed by atoms with van der Waals surface area (Å²) in [6.45, 7) is 0. The lowest BCUT2D eigenvalue weighted by Gasteiger charge is -2.04. The van der Waals surface area contributed by atoms with Gasteiger partial charge < -0.3 is 4.57 Å². The summed E-state index contributed by atoms with van der Waals surface area (Å²) in [5.41, 5.74) is 3.23. The van der Waals surface area contributed by atoms with Crippen LogP contribution in [0.1, 0.15) is 20.8 Å². The molecule has 0 aliphatic heterocycles. The van der Waals surface area contributed by atoms with Crippen LogP contribution in [0.4, 0.5) is 0 Å². The fraction of sp³-hybridized carbons (Fsp3) is 0.0769. The van der Waals surface area contributed by atoms with Crippen molar-refractivity contribution in [2.45, 2.75) is 0 Å². The van der Waals surface area contributed by atoms with Crippen molar-refractivity contribution in [3.63, 3.8) is 0 Å². The molecule has 0 bridgehead atoms. The van der Waals surface area contributed by atoms with Gasteiger partial charge in [0.15, 0.2) is 6.29 Å². The molecule has 0 atom stereocenters. The molecular formula is C13H11NO2. The Hall–Kier alpha value is -2.16. The van der Waals surface area contributed by atoms with E-state index in [0.717, 1.165) is 23.8 Å². The van der Waals surface area contributed by atoms with Gasteiger partial charge in [0.1, 0.15) is 6.29 Å². The van der Waals surface area contributed by atoms with Gasteiger partial charge >= 0.3 is 0 Å². The first-order valence-electron chi connectivity index (χ1n) is 4.93. The molecule has 0 radical (unpaired) electrons. The lowest BCUT2D eigenvalue weighted by Crippen LogP contribution is -1.96. The maximum atomic E-state index is 10.7. The molecule has 0 saturated carbocycles. The molecule has 0 aliphatic carbocycles. The molecule has 0 spiro atoms. The lowest BCUT2D eigenvalue weighted by atomic mass is 10.1. The van der Waals surface area contributed by atoms with Crippen LogP contribution in [0.25, 0.3) is 11.3 Å². The van der Waals surface area contributed by atoms with Crippen LogP contribution < -0.4 is 0 Å². The minimum atomic E-state index is 0.634. The van der Waals surface area contributed by atoms with Gasteiger partial charge in [-0.15, -0.1) is 0 Å². The average Bonchev–Trinajstić information content (AvgIpc) is 2.70. The second-order valence-electron chi connectivity index (χ2n) is 3.56. The van der Waals surface area contributed by atoms with Crippen LogP contribution in [-0.2, 0) is 7.05 Å². The zero-order valence-electron chi connectivity index (χ0n) is 8.88. The third-order valence-corrected chi connectivity index (χ3v) is 2.62. The van der Waals surface area contributed by atoms with Gasteiger partial charge in [-0.25, -0.2) is 0 Å². The standard InChI is InChI=1S/C13H11NO2/c1-14-12(9-16)6-7-13(14)11-4-2-10(8-15)3-5-11/h2-9H,1H3. The third kappa shape index (κ3) is 1.67. The Morgan fingerprint density at radius 2 is 1.62 bits per heavy atom. The van der Waals surface area contributed by atoms with Gasteiger partial charge in [-0.2, -0.15) is 0 Å². The molecule has 0 aliphatic rings. The summed E-state index contributed by atoms with van der Waals surface area (Å²) in [5, 5.41) is 0. The molecule has 0 unspecified atom stereocenters. The molecule has 0 amide bonds. The van der Waals surface area contributed by atoms with Crippen molar-refractivity contribution in [1.82, 2.24) is 4.57 Å². The van der Waals surface area contributed by atoms with Crippen LogP contribution in [0.2, 0.25) is 0 Å². The fourth-order valence-electron chi connectivity index (χ4n) is 1.67. The van der Waals surface area contributed by atoms with Crippen molar-refractivity contribution in [3.8, 4) is 11.3 Å². The van der Waals surface area contributed by atoms with E-state index in [0.29, 0.717) is 11.3 Å². The lowest BCUT2D eigenvalue weighted by molar-refractivity contribution is 0.111. The normalized spacial score (nSPS) is 10.1. The van der Waals surface area contributed by atoms with Crippen LogP contribution in [0.5, 0.6) is 0 Å². The molecule has 3 heteroatoms. The van der Waals surface area contributed by atoms with Gasteiger partial charge in [-0.1, -0.05) is 24.3 Å². The maximum Gasteiger partial charge on any atom is 0.166 e. The molecule has 1 aromatic carbocycles. The summed E-state index contributed by atoms with van der Waals surface area (Å²) < 4.78 is 1.82. The van der Waals surface area contributed by atoms with Gasteiger partial charge in [-0.3, -0.25) is 9.59 Å². The van der Waals surface area contributed by atoms with E-state index < -0.39 is 0 Å². The van der Waals surface area contributed by atoms with Crippen LogP contribution in [-0.4, -0.2) is 17.1 Å². The van der Waals surface area contributed by atoms with Crippen molar-refractivity contribution >= 4 is 12.6 Å². The summed E-state index contributed by atoms with van der Waals surface area (Å²) in [5.74, 6) is 0. The zero-order chi connectivity index (χ0) is 11.5. The van der Waals surface area contributed by atoms with E-state index in [9.17, 15) is 9.59 Å². The minimum absolute atomic E-state index is 0.634. The first-order valence-corrected chi connectivity index (χ1v) is 4.93. The van der Waals surface area contributed by atoms with E-state index in [1.54, 1.807) is 18.2 Å². The van der Waals surface area contributed by atoms with Crippen LogP contribution in [0.15, 0.2) is 36.4 Å². The molecule has 1 aromatic heterocycles. The van der Waals surface area contributed by atoms with Crippen LogP contribution in [0.3, 0.4) is 0 Å². The molecule has 1 heterocycles. The fourth-order valence-corrected chi connectivity index (χ4v) is 1.67. The van der Waals surface area contributed by atoms with E-state index in [4.69, 9.17) is 0 Å². The number of benzene rings is 1. The predicted octanol–water partition coefficient (Wildman–Crippen LogP) is 2.32. The van der Waals surface area contributed by atoms with E-state index in [1.165, 1.54) is 0 Å². The van der Waals surface area contributed by atoms with Crippen molar-refractivity contribution in [3.05, 3.63) is 47.7 Å².